The molecule has 1 rings (SSSR count). The predicted octanol–water partition coefficient (Wildman–Crippen LogP) is 2.20. The summed E-state index contributed by atoms with van der Waals surface area (Å²) in [6.07, 6.45) is 0. The third-order valence-corrected chi connectivity index (χ3v) is 1.87. The maximum atomic E-state index is 12.5. The van der Waals surface area contributed by atoms with E-state index in [1.54, 1.807) is 12.1 Å². The van der Waals surface area contributed by atoms with Crippen molar-refractivity contribution >= 4 is 0 Å². The van der Waals surface area contributed by atoms with E-state index >= 15 is 0 Å². The molecule has 0 aromatic heterocycles. The average Bonchev–Trinajstić information content (AvgIpc) is 2.17. The van der Waals surface area contributed by atoms with Crippen LogP contribution in [0.3, 0.4) is 0 Å². The fourth-order valence-corrected chi connectivity index (χ4v) is 1.16. The first-order chi connectivity index (χ1) is 6.72. The number of ether oxygens (including phenoxy) is 1. The van der Waals surface area contributed by atoms with Crippen molar-refractivity contribution in [3.63, 3.8) is 0 Å². The molecule has 1 aromatic rings. The van der Waals surface area contributed by atoms with Crippen molar-refractivity contribution < 1.29 is 9.13 Å². The maximum absolute atomic E-state index is 12.5. The minimum Gasteiger partial charge on any atom is -0.492 e. The number of likely N-dealkylation sites (N-methyl/N-ethyl adjacent to an activating group) is 1. The lowest BCUT2D eigenvalue weighted by atomic mass is 10.3. The van der Waals surface area contributed by atoms with Crippen molar-refractivity contribution in [3.8, 4) is 5.75 Å². The van der Waals surface area contributed by atoms with Gasteiger partial charge in [0.05, 0.1) is 0 Å². The first-order valence-electron chi connectivity index (χ1n) is 4.84. The molecule has 78 valence electrons. The topological polar surface area (TPSA) is 21.3 Å². The summed E-state index contributed by atoms with van der Waals surface area (Å²) < 4.78 is 18.0. The van der Waals surface area contributed by atoms with Crippen molar-refractivity contribution in [2.24, 2.45) is 0 Å². The Balaban J connectivity index is 2.34. The highest BCUT2D eigenvalue weighted by Crippen LogP contribution is 2.10. The normalized spacial score (nSPS) is 12.5. The van der Waals surface area contributed by atoms with E-state index in [1.807, 2.05) is 13.8 Å². The second-order valence-corrected chi connectivity index (χ2v) is 3.22. The molecule has 0 aliphatic rings. The molecule has 0 amide bonds. The summed E-state index contributed by atoms with van der Waals surface area (Å²) in [5, 5.41) is 3.23. The third-order valence-electron chi connectivity index (χ3n) is 1.87. The Hall–Kier alpha value is -1.09. The lowest BCUT2D eigenvalue weighted by molar-refractivity contribution is 0.275. The Bertz CT molecular complexity index is 260. The highest BCUT2D eigenvalue weighted by Gasteiger charge is 2.00. The molecule has 0 radical (unpaired) electrons. The van der Waals surface area contributed by atoms with Gasteiger partial charge in [0, 0.05) is 6.04 Å². The van der Waals surface area contributed by atoms with Crippen molar-refractivity contribution in [2.45, 2.75) is 19.9 Å². The van der Waals surface area contributed by atoms with Gasteiger partial charge < -0.3 is 10.1 Å². The van der Waals surface area contributed by atoms with E-state index in [9.17, 15) is 4.39 Å². The number of halogens is 1. The van der Waals surface area contributed by atoms with Gasteiger partial charge in [-0.2, -0.15) is 0 Å². The maximum Gasteiger partial charge on any atom is 0.123 e. The molecule has 1 unspecified atom stereocenters. The van der Waals surface area contributed by atoms with Gasteiger partial charge in [-0.05, 0) is 37.7 Å². The van der Waals surface area contributed by atoms with Crippen LogP contribution in [0.1, 0.15) is 13.8 Å². The van der Waals surface area contributed by atoms with Crippen LogP contribution in [0, 0.1) is 5.82 Å². The van der Waals surface area contributed by atoms with E-state index in [0.717, 1.165) is 6.54 Å². The predicted molar refractivity (Wildman–Crippen MR) is 55.0 cm³/mol. The van der Waals surface area contributed by atoms with E-state index in [1.165, 1.54) is 12.1 Å². The molecule has 0 aliphatic heterocycles. The van der Waals surface area contributed by atoms with Crippen molar-refractivity contribution in [1.82, 2.24) is 5.32 Å². The second-order valence-electron chi connectivity index (χ2n) is 3.22. The molecule has 1 N–H and O–H groups in total. The number of hydrogen-bond donors (Lipinski definition) is 1. The summed E-state index contributed by atoms with van der Waals surface area (Å²) in [4.78, 5) is 0. The molecule has 0 aliphatic carbocycles. The largest absolute Gasteiger partial charge is 0.492 e. The van der Waals surface area contributed by atoms with Gasteiger partial charge in [-0.15, -0.1) is 0 Å². The van der Waals surface area contributed by atoms with Crippen LogP contribution in [0.2, 0.25) is 0 Å². The van der Waals surface area contributed by atoms with Crippen molar-refractivity contribution in [2.75, 3.05) is 13.2 Å². The highest BCUT2D eigenvalue weighted by molar-refractivity contribution is 5.22. The van der Waals surface area contributed by atoms with E-state index in [0.29, 0.717) is 18.4 Å². The molecule has 14 heavy (non-hydrogen) atoms. The highest BCUT2D eigenvalue weighted by atomic mass is 19.1. The van der Waals surface area contributed by atoms with Crippen LogP contribution in [0.25, 0.3) is 0 Å². The van der Waals surface area contributed by atoms with Crippen LogP contribution in [0.5, 0.6) is 5.75 Å². The molecular weight excluding hydrogens is 181 g/mol. The van der Waals surface area contributed by atoms with Gasteiger partial charge >= 0.3 is 0 Å². The molecule has 1 aromatic carbocycles. The van der Waals surface area contributed by atoms with Crippen LogP contribution in [-0.2, 0) is 0 Å². The van der Waals surface area contributed by atoms with E-state index in [4.69, 9.17) is 4.74 Å². The zero-order chi connectivity index (χ0) is 10.4. The SMILES string of the molecule is CCNC(C)COc1ccc(F)cc1. The Kier molecular flexibility index (Phi) is 4.40. The monoisotopic (exact) mass is 197 g/mol. The van der Waals surface area contributed by atoms with Crippen molar-refractivity contribution in [3.05, 3.63) is 30.1 Å². The van der Waals surface area contributed by atoms with Gasteiger partial charge in [0.25, 0.3) is 0 Å². The molecule has 0 spiro atoms. The summed E-state index contributed by atoms with van der Waals surface area (Å²) in [7, 11) is 0. The first kappa shape index (κ1) is 11.0. The fourth-order valence-electron chi connectivity index (χ4n) is 1.16. The third kappa shape index (κ3) is 3.75. The van der Waals surface area contributed by atoms with E-state index < -0.39 is 0 Å². The number of nitrogens with one attached hydrogen (secondary N) is 1. The molecule has 0 saturated heterocycles. The van der Waals surface area contributed by atoms with Crippen LogP contribution < -0.4 is 10.1 Å². The standard InChI is InChI=1S/C11H16FNO/c1-3-13-9(2)8-14-11-6-4-10(12)5-7-11/h4-7,9,13H,3,8H2,1-2H3. The molecule has 0 saturated carbocycles. The quantitative estimate of drug-likeness (QED) is 0.781. The molecule has 0 bridgehead atoms. The van der Waals surface area contributed by atoms with Gasteiger partial charge in [0.15, 0.2) is 0 Å². The summed E-state index contributed by atoms with van der Waals surface area (Å²) >= 11 is 0. The Morgan fingerprint density at radius 3 is 2.57 bits per heavy atom. The van der Waals surface area contributed by atoms with Gasteiger partial charge in [0.2, 0.25) is 0 Å². The van der Waals surface area contributed by atoms with Gasteiger partial charge in [0.1, 0.15) is 18.2 Å². The van der Waals surface area contributed by atoms with Crippen LogP contribution in [0.4, 0.5) is 4.39 Å². The summed E-state index contributed by atoms with van der Waals surface area (Å²) in [6.45, 7) is 5.62. The summed E-state index contributed by atoms with van der Waals surface area (Å²) in [5.41, 5.74) is 0. The lowest BCUT2D eigenvalue weighted by Gasteiger charge is -2.13. The zero-order valence-electron chi connectivity index (χ0n) is 8.59. The molecule has 2 nitrogen and oxygen atoms in total. The smallest absolute Gasteiger partial charge is 0.123 e. The molecule has 0 heterocycles. The van der Waals surface area contributed by atoms with E-state index in [-0.39, 0.29) is 5.82 Å². The van der Waals surface area contributed by atoms with Gasteiger partial charge in [-0.3, -0.25) is 0 Å². The van der Waals surface area contributed by atoms with Gasteiger partial charge in [-0.25, -0.2) is 4.39 Å². The summed E-state index contributed by atoms with van der Waals surface area (Å²) in [5.74, 6) is 0.466. The number of hydrogen-bond acceptors (Lipinski definition) is 2. The molecular formula is C11H16FNO. The molecule has 1 atom stereocenters. The minimum atomic E-state index is -0.239. The first-order valence-corrected chi connectivity index (χ1v) is 4.84. The van der Waals surface area contributed by atoms with Crippen LogP contribution in [-0.4, -0.2) is 19.2 Å². The Morgan fingerprint density at radius 1 is 1.36 bits per heavy atom. The Morgan fingerprint density at radius 2 is 2.00 bits per heavy atom. The molecule has 0 fully saturated rings. The zero-order valence-corrected chi connectivity index (χ0v) is 8.59. The van der Waals surface area contributed by atoms with Crippen molar-refractivity contribution in [1.29, 1.82) is 0 Å². The number of benzene rings is 1. The number of rotatable bonds is 5. The van der Waals surface area contributed by atoms with Gasteiger partial charge in [-0.1, -0.05) is 6.92 Å². The fraction of sp³-hybridized carbons (Fsp3) is 0.455. The minimum absolute atomic E-state index is 0.239. The van der Waals surface area contributed by atoms with E-state index in [2.05, 4.69) is 5.32 Å². The lowest BCUT2D eigenvalue weighted by Crippen LogP contribution is -2.31. The second kappa shape index (κ2) is 5.60. The Labute approximate surface area is 84.1 Å². The molecule has 3 heteroatoms. The van der Waals surface area contributed by atoms with Crippen LogP contribution in [0.15, 0.2) is 24.3 Å². The summed E-state index contributed by atoms with van der Waals surface area (Å²) in [6, 6.07) is 6.37. The average molecular weight is 197 g/mol. The van der Waals surface area contributed by atoms with Crippen LogP contribution >= 0.6 is 0 Å².